The van der Waals surface area contributed by atoms with E-state index in [0.717, 1.165) is 17.8 Å². The van der Waals surface area contributed by atoms with E-state index in [1.165, 1.54) is 43.4 Å². The Morgan fingerprint density at radius 1 is 1.21 bits per heavy atom. The quantitative estimate of drug-likeness (QED) is 0.900. The van der Waals surface area contributed by atoms with E-state index < -0.39 is 0 Å². The molecular formula is C16H21NOS. The highest BCUT2D eigenvalue weighted by molar-refractivity contribution is 7.10. The van der Waals surface area contributed by atoms with Crippen molar-refractivity contribution in [2.75, 3.05) is 0 Å². The molecule has 0 saturated heterocycles. The van der Waals surface area contributed by atoms with Crippen LogP contribution in [0.5, 0.6) is 0 Å². The maximum absolute atomic E-state index is 12.3. The monoisotopic (exact) mass is 275 g/mol. The van der Waals surface area contributed by atoms with Gasteiger partial charge in [0, 0.05) is 10.4 Å². The van der Waals surface area contributed by atoms with Crippen LogP contribution in [0.3, 0.4) is 0 Å². The minimum Gasteiger partial charge on any atom is -0.350 e. The molecule has 0 aromatic carbocycles. The first-order valence-electron chi connectivity index (χ1n) is 7.54. The highest BCUT2D eigenvalue weighted by atomic mass is 32.1. The van der Waals surface area contributed by atoms with Gasteiger partial charge in [-0.2, -0.15) is 0 Å². The number of amides is 1. The van der Waals surface area contributed by atoms with Gasteiger partial charge in [-0.05, 0) is 67.7 Å². The molecule has 5 rings (SSSR count). The first kappa shape index (κ1) is 12.0. The van der Waals surface area contributed by atoms with Gasteiger partial charge in [0.05, 0.1) is 6.42 Å². The molecule has 3 heteroatoms. The Morgan fingerprint density at radius 3 is 2.37 bits per heavy atom. The Kier molecular flexibility index (Phi) is 2.73. The van der Waals surface area contributed by atoms with Gasteiger partial charge in [-0.25, -0.2) is 0 Å². The molecule has 0 aliphatic heterocycles. The van der Waals surface area contributed by atoms with Gasteiger partial charge >= 0.3 is 0 Å². The summed E-state index contributed by atoms with van der Waals surface area (Å²) in [6.07, 6.45) is 8.60. The van der Waals surface area contributed by atoms with Crippen LogP contribution >= 0.6 is 11.3 Å². The lowest BCUT2D eigenvalue weighted by Gasteiger charge is -2.56. The average Bonchev–Trinajstić information content (AvgIpc) is 2.78. The first-order chi connectivity index (χ1) is 9.21. The van der Waals surface area contributed by atoms with E-state index in [1.54, 1.807) is 11.3 Å². The largest absolute Gasteiger partial charge is 0.350 e. The summed E-state index contributed by atoms with van der Waals surface area (Å²) < 4.78 is 0. The van der Waals surface area contributed by atoms with Crippen molar-refractivity contribution >= 4 is 17.2 Å². The normalized spacial score (nSPS) is 39.5. The topological polar surface area (TPSA) is 29.1 Å². The SMILES string of the molecule is O=C(Cc1cccs1)NC12CC3CC(CC(C3)C1)C2. The molecule has 2 nitrogen and oxygen atoms in total. The molecule has 4 bridgehead atoms. The van der Waals surface area contributed by atoms with E-state index in [-0.39, 0.29) is 11.4 Å². The molecule has 1 aromatic heterocycles. The van der Waals surface area contributed by atoms with Crippen molar-refractivity contribution in [2.24, 2.45) is 17.8 Å². The van der Waals surface area contributed by atoms with E-state index in [4.69, 9.17) is 0 Å². The highest BCUT2D eigenvalue weighted by Gasteiger charge is 2.51. The Morgan fingerprint density at radius 2 is 1.84 bits per heavy atom. The molecule has 4 saturated carbocycles. The standard InChI is InChI=1S/C16H21NOS/c18-15(7-14-2-1-3-19-14)17-16-8-11-4-12(9-16)6-13(5-11)10-16/h1-3,11-13H,4-10H2,(H,17,18). The van der Waals surface area contributed by atoms with Crippen LogP contribution in [0.25, 0.3) is 0 Å². The maximum Gasteiger partial charge on any atom is 0.225 e. The lowest BCUT2D eigenvalue weighted by molar-refractivity contribution is -0.126. The molecule has 0 atom stereocenters. The summed E-state index contributed by atoms with van der Waals surface area (Å²) in [7, 11) is 0. The summed E-state index contributed by atoms with van der Waals surface area (Å²) in [5, 5.41) is 5.48. The second kappa shape index (κ2) is 4.34. The molecule has 4 aliphatic carbocycles. The van der Waals surface area contributed by atoms with Gasteiger partial charge in [-0.3, -0.25) is 4.79 Å². The predicted octanol–water partition coefficient (Wildman–Crippen LogP) is 3.38. The van der Waals surface area contributed by atoms with Gasteiger partial charge in [-0.1, -0.05) is 6.07 Å². The van der Waals surface area contributed by atoms with E-state index >= 15 is 0 Å². The third kappa shape index (κ3) is 2.22. The fourth-order valence-corrected chi connectivity index (χ4v) is 5.88. The minimum absolute atomic E-state index is 0.170. The fraction of sp³-hybridized carbons (Fsp3) is 0.688. The van der Waals surface area contributed by atoms with Gasteiger partial charge in [0.15, 0.2) is 0 Å². The molecular weight excluding hydrogens is 254 g/mol. The van der Waals surface area contributed by atoms with E-state index in [2.05, 4.69) is 11.4 Å². The zero-order chi connectivity index (χ0) is 12.9. The van der Waals surface area contributed by atoms with Crippen molar-refractivity contribution in [1.82, 2.24) is 5.32 Å². The zero-order valence-electron chi connectivity index (χ0n) is 11.2. The van der Waals surface area contributed by atoms with Crippen molar-refractivity contribution < 1.29 is 4.79 Å². The van der Waals surface area contributed by atoms with Crippen LogP contribution in [-0.4, -0.2) is 11.4 Å². The molecule has 0 unspecified atom stereocenters. The van der Waals surface area contributed by atoms with Crippen molar-refractivity contribution in [3.63, 3.8) is 0 Å². The molecule has 1 heterocycles. The number of nitrogens with one attached hydrogen (secondary N) is 1. The van der Waals surface area contributed by atoms with E-state index in [9.17, 15) is 4.79 Å². The van der Waals surface area contributed by atoms with Crippen LogP contribution < -0.4 is 5.32 Å². The lowest BCUT2D eigenvalue weighted by Crippen LogP contribution is -2.60. The Balaban J connectivity index is 1.46. The second-order valence-corrected chi connectivity index (χ2v) is 8.03. The van der Waals surface area contributed by atoms with Crippen molar-refractivity contribution in [3.8, 4) is 0 Å². The van der Waals surface area contributed by atoms with Gasteiger partial charge < -0.3 is 5.32 Å². The number of carbonyl (C=O) groups is 1. The number of carbonyl (C=O) groups excluding carboxylic acids is 1. The highest BCUT2D eigenvalue weighted by Crippen LogP contribution is 2.55. The summed E-state index contributed by atoms with van der Waals surface area (Å²) in [4.78, 5) is 13.5. The molecule has 0 spiro atoms. The second-order valence-electron chi connectivity index (χ2n) is 7.00. The number of rotatable bonds is 3. The van der Waals surface area contributed by atoms with Crippen LogP contribution in [0.4, 0.5) is 0 Å². The number of hydrogen-bond acceptors (Lipinski definition) is 2. The van der Waals surface area contributed by atoms with Gasteiger partial charge in [0.1, 0.15) is 0 Å². The average molecular weight is 275 g/mol. The number of thiophene rings is 1. The fourth-order valence-electron chi connectivity index (χ4n) is 5.18. The Bertz CT molecular complexity index is 444. The smallest absolute Gasteiger partial charge is 0.225 e. The predicted molar refractivity (Wildman–Crippen MR) is 77.1 cm³/mol. The van der Waals surface area contributed by atoms with Gasteiger partial charge in [0.25, 0.3) is 0 Å². The summed E-state index contributed by atoms with van der Waals surface area (Å²) in [6.45, 7) is 0. The zero-order valence-corrected chi connectivity index (χ0v) is 12.0. The third-order valence-electron chi connectivity index (χ3n) is 5.36. The molecule has 1 aromatic rings. The lowest BCUT2D eigenvalue weighted by atomic mass is 9.53. The maximum atomic E-state index is 12.3. The van der Waals surface area contributed by atoms with Gasteiger partial charge in [-0.15, -0.1) is 11.3 Å². The van der Waals surface area contributed by atoms with Crippen LogP contribution in [0.15, 0.2) is 17.5 Å². The van der Waals surface area contributed by atoms with Crippen LogP contribution in [0, 0.1) is 17.8 Å². The van der Waals surface area contributed by atoms with Crippen LogP contribution in [0.1, 0.15) is 43.4 Å². The van der Waals surface area contributed by atoms with Crippen LogP contribution in [0.2, 0.25) is 0 Å². The van der Waals surface area contributed by atoms with E-state index in [1.807, 2.05) is 11.4 Å². The van der Waals surface area contributed by atoms with Crippen LogP contribution in [-0.2, 0) is 11.2 Å². The molecule has 102 valence electrons. The molecule has 4 aliphatic rings. The Labute approximate surface area is 118 Å². The Hall–Kier alpha value is -0.830. The van der Waals surface area contributed by atoms with E-state index in [0.29, 0.717) is 6.42 Å². The molecule has 0 radical (unpaired) electrons. The molecule has 1 N–H and O–H groups in total. The minimum atomic E-state index is 0.170. The molecule has 19 heavy (non-hydrogen) atoms. The van der Waals surface area contributed by atoms with Crippen molar-refractivity contribution in [3.05, 3.63) is 22.4 Å². The summed E-state index contributed by atoms with van der Waals surface area (Å²) in [5.41, 5.74) is 0.170. The number of hydrogen-bond donors (Lipinski definition) is 1. The molecule has 4 fully saturated rings. The van der Waals surface area contributed by atoms with Crippen molar-refractivity contribution in [2.45, 2.75) is 50.5 Å². The van der Waals surface area contributed by atoms with Gasteiger partial charge in [0.2, 0.25) is 5.91 Å². The summed E-state index contributed by atoms with van der Waals surface area (Å²) in [6, 6.07) is 4.09. The summed E-state index contributed by atoms with van der Waals surface area (Å²) in [5.74, 6) is 2.93. The van der Waals surface area contributed by atoms with Crippen molar-refractivity contribution in [1.29, 1.82) is 0 Å². The summed E-state index contributed by atoms with van der Waals surface area (Å²) >= 11 is 1.68. The first-order valence-corrected chi connectivity index (χ1v) is 8.42. The third-order valence-corrected chi connectivity index (χ3v) is 6.23. The molecule has 1 amide bonds.